The van der Waals surface area contributed by atoms with Crippen molar-refractivity contribution in [1.29, 1.82) is 0 Å². The van der Waals surface area contributed by atoms with Crippen molar-refractivity contribution in [2.24, 2.45) is 0 Å². The number of rotatable bonds is 9. The Morgan fingerprint density at radius 2 is 1.70 bits per heavy atom. The van der Waals surface area contributed by atoms with E-state index in [2.05, 4.69) is 5.32 Å². The molecule has 1 N–H and O–H groups in total. The minimum Gasteiger partial charge on any atom is -0.352 e. The second-order valence-electron chi connectivity index (χ2n) is 8.72. The molecule has 0 spiro atoms. The van der Waals surface area contributed by atoms with Gasteiger partial charge in [0.2, 0.25) is 11.8 Å². The molecule has 1 saturated carbocycles. The Morgan fingerprint density at radius 3 is 2.33 bits per heavy atom. The molecular weight excluding hydrogens is 475 g/mol. The normalized spacial score (nSPS) is 15.2. The molecule has 4 nitrogen and oxygen atoms in total. The largest absolute Gasteiger partial charge is 0.352 e. The standard InChI is InChI=1S/C26H32Cl2N2O2S/c1-18-11-13-20(14-12-18)15-30(19(2)26(32)29-21-7-4-3-5-8-21)25(31)17-33-16-22-23(27)9-6-10-24(22)28/h6,9-14,19,21H,3-5,7-8,15-17H2,1-2H3,(H,29,32). The minimum absolute atomic E-state index is 0.0740. The van der Waals surface area contributed by atoms with Gasteiger partial charge < -0.3 is 10.2 Å². The summed E-state index contributed by atoms with van der Waals surface area (Å²) in [6.45, 7) is 4.25. The van der Waals surface area contributed by atoms with E-state index in [4.69, 9.17) is 23.2 Å². The first kappa shape index (κ1) is 25.9. The zero-order chi connectivity index (χ0) is 23.8. The van der Waals surface area contributed by atoms with Crippen LogP contribution in [0.1, 0.15) is 55.7 Å². The molecule has 2 aromatic carbocycles. The molecule has 2 amide bonds. The number of carbonyl (C=O) groups excluding carboxylic acids is 2. The van der Waals surface area contributed by atoms with Gasteiger partial charge in [-0.1, -0.05) is 78.4 Å². The van der Waals surface area contributed by atoms with Crippen LogP contribution in [0.3, 0.4) is 0 Å². The van der Waals surface area contributed by atoms with Crippen LogP contribution in [-0.2, 0) is 21.9 Å². The summed E-state index contributed by atoms with van der Waals surface area (Å²) >= 11 is 14.0. The molecule has 0 aliphatic heterocycles. The molecule has 178 valence electrons. The van der Waals surface area contributed by atoms with E-state index in [1.807, 2.05) is 38.1 Å². The first-order valence-corrected chi connectivity index (χ1v) is 13.4. The number of hydrogen-bond acceptors (Lipinski definition) is 3. The van der Waals surface area contributed by atoms with E-state index in [1.165, 1.54) is 18.2 Å². The van der Waals surface area contributed by atoms with Crippen molar-refractivity contribution >= 4 is 46.8 Å². The second-order valence-corrected chi connectivity index (χ2v) is 10.5. The van der Waals surface area contributed by atoms with E-state index in [1.54, 1.807) is 23.1 Å². The Kier molecular flexibility index (Phi) is 9.96. The molecule has 33 heavy (non-hydrogen) atoms. The molecule has 1 unspecified atom stereocenters. The second kappa shape index (κ2) is 12.7. The lowest BCUT2D eigenvalue weighted by Gasteiger charge is -2.31. The number of benzene rings is 2. The Hall–Kier alpha value is -1.69. The zero-order valence-electron chi connectivity index (χ0n) is 19.3. The number of nitrogens with one attached hydrogen (secondary N) is 1. The molecule has 1 aliphatic carbocycles. The summed E-state index contributed by atoms with van der Waals surface area (Å²) in [5, 5.41) is 4.36. The molecule has 0 heterocycles. The summed E-state index contributed by atoms with van der Waals surface area (Å²) in [5.74, 6) is 0.622. The van der Waals surface area contributed by atoms with Crippen molar-refractivity contribution in [3.63, 3.8) is 0 Å². The maximum atomic E-state index is 13.3. The van der Waals surface area contributed by atoms with Gasteiger partial charge in [-0.2, -0.15) is 0 Å². The van der Waals surface area contributed by atoms with Crippen LogP contribution in [-0.4, -0.2) is 34.6 Å². The van der Waals surface area contributed by atoms with Crippen LogP contribution >= 0.6 is 35.0 Å². The first-order chi connectivity index (χ1) is 15.8. The van der Waals surface area contributed by atoms with Crippen molar-refractivity contribution in [2.45, 2.75) is 70.3 Å². The van der Waals surface area contributed by atoms with Crippen molar-refractivity contribution in [3.8, 4) is 0 Å². The van der Waals surface area contributed by atoms with Gasteiger partial charge in [0, 0.05) is 28.4 Å². The molecule has 0 aromatic heterocycles. The third kappa shape index (κ3) is 7.66. The van der Waals surface area contributed by atoms with E-state index in [0.29, 0.717) is 22.3 Å². The van der Waals surface area contributed by atoms with Crippen molar-refractivity contribution in [1.82, 2.24) is 10.2 Å². The summed E-state index contributed by atoms with van der Waals surface area (Å²) in [4.78, 5) is 28.0. The zero-order valence-corrected chi connectivity index (χ0v) is 21.6. The Balaban J connectivity index is 1.67. The summed E-state index contributed by atoms with van der Waals surface area (Å²) in [7, 11) is 0. The van der Waals surface area contributed by atoms with E-state index in [-0.39, 0.29) is 23.6 Å². The van der Waals surface area contributed by atoms with Gasteiger partial charge in [0.1, 0.15) is 6.04 Å². The SMILES string of the molecule is Cc1ccc(CN(C(=O)CSCc2c(Cl)cccc2Cl)C(C)C(=O)NC2CCCCC2)cc1. The summed E-state index contributed by atoms with van der Waals surface area (Å²) in [6.07, 6.45) is 5.55. The Morgan fingerprint density at radius 1 is 1.06 bits per heavy atom. The molecule has 3 rings (SSSR count). The summed E-state index contributed by atoms with van der Waals surface area (Å²) < 4.78 is 0. The van der Waals surface area contributed by atoms with Crippen LogP contribution in [0.2, 0.25) is 10.0 Å². The number of amides is 2. The van der Waals surface area contributed by atoms with Gasteiger partial charge in [0.25, 0.3) is 0 Å². The lowest BCUT2D eigenvalue weighted by Crippen LogP contribution is -2.50. The average Bonchev–Trinajstić information content (AvgIpc) is 2.80. The monoisotopic (exact) mass is 506 g/mol. The predicted octanol–water partition coefficient (Wildman–Crippen LogP) is 6.40. The molecule has 2 aromatic rings. The van der Waals surface area contributed by atoms with Gasteiger partial charge in [-0.25, -0.2) is 0 Å². The summed E-state index contributed by atoms with van der Waals surface area (Å²) in [6, 6.07) is 13.1. The highest BCUT2D eigenvalue weighted by Crippen LogP contribution is 2.28. The fourth-order valence-corrected chi connectivity index (χ4v) is 5.68. The van der Waals surface area contributed by atoms with Crippen LogP contribution < -0.4 is 5.32 Å². The average molecular weight is 508 g/mol. The minimum atomic E-state index is -0.551. The Labute approximate surface area is 211 Å². The quantitative estimate of drug-likeness (QED) is 0.427. The third-order valence-electron chi connectivity index (χ3n) is 6.13. The molecule has 1 atom stereocenters. The van der Waals surface area contributed by atoms with E-state index < -0.39 is 6.04 Å². The Bertz CT molecular complexity index is 926. The lowest BCUT2D eigenvalue weighted by atomic mass is 9.95. The lowest BCUT2D eigenvalue weighted by molar-refractivity contribution is -0.139. The number of nitrogens with zero attached hydrogens (tertiary/aromatic N) is 1. The number of aryl methyl sites for hydroxylation is 1. The van der Waals surface area contributed by atoms with E-state index >= 15 is 0 Å². The predicted molar refractivity (Wildman–Crippen MR) is 139 cm³/mol. The van der Waals surface area contributed by atoms with Crippen LogP contribution in [0, 0.1) is 6.92 Å². The summed E-state index contributed by atoms with van der Waals surface area (Å²) in [5.41, 5.74) is 2.99. The fourth-order valence-electron chi connectivity index (χ4n) is 4.04. The van der Waals surface area contributed by atoms with Crippen molar-refractivity contribution < 1.29 is 9.59 Å². The number of thioether (sulfide) groups is 1. The first-order valence-electron chi connectivity index (χ1n) is 11.5. The fraction of sp³-hybridized carbons (Fsp3) is 0.462. The smallest absolute Gasteiger partial charge is 0.242 e. The highest BCUT2D eigenvalue weighted by atomic mass is 35.5. The third-order valence-corrected chi connectivity index (χ3v) is 7.78. The molecule has 1 aliphatic rings. The highest BCUT2D eigenvalue weighted by molar-refractivity contribution is 7.99. The van der Waals surface area contributed by atoms with Gasteiger partial charge >= 0.3 is 0 Å². The van der Waals surface area contributed by atoms with Crippen LogP contribution in [0.15, 0.2) is 42.5 Å². The molecule has 0 bridgehead atoms. The maximum absolute atomic E-state index is 13.3. The van der Waals surface area contributed by atoms with Crippen molar-refractivity contribution in [3.05, 3.63) is 69.2 Å². The molecule has 0 radical (unpaired) electrons. The molecule has 7 heteroatoms. The molecule has 0 saturated heterocycles. The topological polar surface area (TPSA) is 49.4 Å². The maximum Gasteiger partial charge on any atom is 0.242 e. The van der Waals surface area contributed by atoms with Crippen molar-refractivity contribution in [2.75, 3.05) is 5.75 Å². The highest BCUT2D eigenvalue weighted by Gasteiger charge is 2.28. The van der Waals surface area contributed by atoms with E-state index in [9.17, 15) is 9.59 Å². The van der Waals surface area contributed by atoms with Crippen LogP contribution in [0.4, 0.5) is 0 Å². The van der Waals surface area contributed by atoms with Gasteiger partial charge in [-0.05, 0) is 49.9 Å². The molecule has 1 fully saturated rings. The van der Waals surface area contributed by atoms with Gasteiger partial charge in [-0.3, -0.25) is 9.59 Å². The van der Waals surface area contributed by atoms with E-state index in [0.717, 1.165) is 42.4 Å². The van der Waals surface area contributed by atoms with Gasteiger partial charge in [0.05, 0.1) is 5.75 Å². The van der Waals surface area contributed by atoms with Gasteiger partial charge in [-0.15, -0.1) is 11.8 Å². The number of hydrogen-bond donors (Lipinski definition) is 1. The molecular formula is C26H32Cl2N2O2S. The number of carbonyl (C=O) groups is 2. The number of halogens is 2. The van der Waals surface area contributed by atoms with Crippen LogP contribution in [0.5, 0.6) is 0 Å². The van der Waals surface area contributed by atoms with Crippen LogP contribution in [0.25, 0.3) is 0 Å². The van der Waals surface area contributed by atoms with Gasteiger partial charge in [0.15, 0.2) is 0 Å².